The van der Waals surface area contributed by atoms with E-state index in [-0.39, 0.29) is 0 Å². The summed E-state index contributed by atoms with van der Waals surface area (Å²) in [6.07, 6.45) is 3.37. The minimum atomic E-state index is 0.706. The van der Waals surface area contributed by atoms with Gasteiger partial charge in [-0.15, -0.1) is 0 Å². The van der Waals surface area contributed by atoms with E-state index in [0.717, 1.165) is 24.1 Å². The van der Waals surface area contributed by atoms with Crippen molar-refractivity contribution in [2.45, 2.75) is 40.5 Å². The summed E-state index contributed by atoms with van der Waals surface area (Å²) in [5.74, 6) is 1.42. The van der Waals surface area contributed by atoms with Crippen LogP contribution < -0.4 is 5.73 Å². The highest BCUT2D eigenvalue weighted by molar-refractivity contribution is 5.75. The van der Waals surface area contributed by atoms with Gasteiger partial charge in [0.15, 0.2) is 0 Å². The molecular formula is C11H22N2. The molecule has 13 heavy (non-hydrogen) atoms. The summed E-state index contributed by atoms with van der Waals surface area (Å²) in [5.41, 5.74) is 7.57. The van der Waals surface area contributed by atoms with Crippen molar-refractivity contribution in [2.75, 3.05) is 0 Å². The van der Waals surface area contributed by atoms with E-state index in [1.165, 1.54) is 6.21 Å². The van der Waals surface area contributed by atoms with Crippen LogP contribution in [0.2, 0.25) is 0 Å². The van der Waals surface area contributed by atoms with Crippen LogP contribution in [0, 0.1) is 17.2 Å². The molecule has 0 saturated heterocycles. The molecule has 0 aliphatic carbocycles. The van der Waals surface area contributed by atoms with Crippen LogP contribution in [0.15, 0.2) is 11.3 Å². The molecule has 0 amide bonds. The zero-order chi connectivity index (χ0) is 10.4. The Morgan fingerprint density at radius 2 is 1.92 bits per heavy atom. The van der Waals surface area contributed by atoms with Crippen molar-refractivity contribution in [3.63, 3.8) is 0 Å². The largest absolute Gasteiger partial charge is 0.402 e. The Kier molecular flexibility index (Phi) is 5.44. The van der Waals surface area contributed by atoms with Crippen LogP contribution in [0.1, 0.15) is 40.5 Å². The van der Waals surface area contributed by atoms with Crippen LogP contribution in [0.4, 0.5) is 0 Å². The van der Waals surface area contributed by atoms with Crippen LogP contribution in [0.3, 0.4) is 0 Å². The number of hydrogen-bond donors (Lipinski definition) is 2. The van der Waals surface area contributed by atoms with Gasteiger partial charge in [0.2, 0.25) is 0 Å². The van der Waals surface area contributed by atoms with Gasteiger partial charge in [-0.3, -0.25) is 0 Å². The SMILES string of the molecule is C/C(C=N)=C(/N)CCC(C)C(C)C. The molecule has 0 spiro atoms. The highest BCUT2D eigenvalue weighted by Crippen LogP contribution is 2.18. The van der Waals surface area contributed by atoms with E-state index in [1.807, 2.05) is 6.92 Å². The summed E-state index contributed by atoms with van der Waals surface area (Å²) in [7, 11) is 0. The van der Waals surface area contributed by atoms with Crippen molar-refractivity contribution in [3.8, 4) is 0 Å². The van der Waals surface area contributed by atoms with E-state index < -0.39 is 0 Å². The summed E-state index contributed by atoms with van der Waals surface area (Å²) in [4.78, 5) is 0. The lowest BCUT2D eigenvalue weighted by Crippen LogP contribution is -2.08. The highest BCUT2D eigenvalue weighted by atomic mass is 14.6. The van der Waals surface area contributed by atoms with E-state index >= 15 is 0 Å². The van der Waals surface area contributed by atoms with Gasteiger partial charge in [-0.2, -0.15) is 0 Å². The molecule has 1 unspecified atom stereocenters. The van der Waals surface area contributed by atoms with E-state index in [9.17, 15) is 0 Å². The topological polar surface area (TPSA) is 49.9 Å². The minimum Gasteiger partial charge on any atom is -0.402 e. The molecule has 76 valence electrons. The summed E-state index contributed by atoms with van der Waals surface area (Å²) in [6.45, 7) is 8.60. The van der Waals surface area contributed by atoms with Crippen molar-refractivity contribution in [3.05, 3.63) is 11.3 Å². The lowest BCUT2D eigenvalue weighted by Gasteiger charge is -2.15. The van der Waals surface area contributed by atoms with Gasteiger partial charge in [-0.05, 0) is 37.2 Å². The first kappa shape index (κ1) is 12.2. The molecule has 0 aromatic carbocycles. The minimum absolute atomic E-state index is 0.706. The third-order valence-electron chi connectivity index (χ3n) is 2.73. The van der Waals surface area contributed by atoms with Gasteiger partial charge in [0.05, 0.1) is 0 Å². The molecule has 0 rings (SSSR count). The number of allylic oxidation sites excluding steroid dienone is 2. The Hall–Kier alpha value is -0.790. The predicted octanol–water partition coefficient (Wildman–Crippen LogP) is 2.94. The van der Waals surface area contributed by atoms with Crippen LogP contribution >= 0.6 is 0 Å². The van der Waals surface area contributed by atoms with Crippen molar-refractivity contribution < 1.29 is 0 Å². The third kappa shape index (κ3) is 4.71. The Bertz CT molecular complexity index is 192. The van der Waals surface area contributed by atoms with Gasteiger partial charge in [-0.25, -0.2) is 0 Å². The summed E-state index contributed by atoms with van der Waals surface area (Å²) >= 11 is 0. The normalized spacial score (nSPS) is 15.5. The third-order valence-corrected chi connectivity index (χ3v) is 2.73. The molecule has 0 fully saturated rings. The number of nitrogens with one attached hydrogen (secondary N) is 1. The molecule has 1 atom stereocenters. The lowest BCUT2D eigenvalue weighted by molar-refractivity contribution is 0.391. The fourth-order valence-corrected chi connectivity index (χ4v) is 1.01. The fourth-order valence-electron chi connectivity index (χ4n) is 1.01. The Morgan fingerprint density at radius 3 is 2.31 bits per heavy atom. The molecule has 0 aliphatic rings. The van der Waals surface area contributed by atoms with Gasteiger partial charge in [0, 0.05) is 11.9 Å². The number of rotatable bonds is 5. The second-order valence-electron chi connectivity index (χ2n) is 4.11. The van der Waals surface area contributed by atoms with Crippen LogP contribution in [0.5, 0.6) is 0 Å². The second kappa shape index (κ2) is 5.79. The van der Waals surface area contributed by atoms with Gasteiger partial charge in [-0.1, -0.05) is 20.8 Å². The van der Waals surface area contributed by atoms with Crippen molar-refractivity contribution in [2.24, 2.45) is 17.6 Å². The van der Waals surface area contributed by atoms with Crippen molar-refractivity contribution in [1.82, 2.24) is 0 Å². The molecule has 0 bridgehead atoms. The van der Waals surface area contributed by atoms with E-state index in [0.29, 0.717) is 11.8 Å². The molecule has 0 aliphatic heterocycles. The van der Waals surface area contributed by atoms with Gasteiger partial charge < -0.3 is 11.1 Å². The maximum absolute atomic E-state index is 7.05. The van der Waals surface area contributed by atoms with Crippen LogP contribution in [-0.4, -0.2) is 6.21 Å². The zero-order valence-corrected chi connectivity index (χ0v) is 9.22. The van der Waals surface area contributed by atoms with Crippen LogP contribution in [-0.2, 0) is 0 Å². The first-order valence-corrected chi connectivity index (χ1v) is 4.94. The number of nitrogens with two attached hydrogens (primary N) is 1. The van der Waals surface area contributed by atoms with Gasteiger partial charge in [0.1, 0.15) is 0 Å². The number of hydrogen-bond acceptors (Lipinski definition) is 2. The Morgan fingerprint density at radius 1 is 1.38 bits per heavy atom. The lowest BCUT2D eigenvalue weighted by atomic mass is 9.92. The molecule has 3 N–H and O–H groups in total. The zero-order valence-electron chi connectivity index (χ0n) is 9.22. The quantitative estimate of drug-likeness (QED) is 0.631. The van der Waals surface area contributed by atoms with Crippen molar-refractivity contribution in [1.29, 1.82) is 5.41 Å². The smallest absolute Gasteiger partial charge is 0.0224 e. The monoisotopic (exact) mass is 182 g/mol. The molecular weight excluding hydrogens is 160 g/mol. The maximum atomic E-state index is 7.05. The first-order valence-electron chi connectivity index (χ1n) is 4.94. The Labute approximate surface area is 81.7 Å². The molecule has 0 saturated carbocycles. The molecule has 2 heteroatoms. The summed E-state index contributed by atoms with van der Waals surface area (Å²) < 4.78 is 0. The second-order valence-corrected chi connectivity index (χ2v) is 4.11. The first-order chi connectivity index (χ1) is 5.99. The molecule has 0 radical (unpaired) electrons. The highest BCUT2D eigenvalue weighted by Gasteiger charge is 2.07. The van der Waals surface area contributed by atoms with Gasteiger partial charge in [0.25, 0.3) is 0 Å². The van der Waals surface area contributed by atoms with E-state index in [4.69, 9.17) is 11.1 Å². The standard InChI is InChI=1S/C11H22N2/c1-8(2)9(3)5-6-11(13)10(4)7-12/h7-9,12H,5-6,13H2,1-4H3/b11-10-,12-7?. The molecule has 0 aromatic rings. The fraction of sp³-hybridized carbons (Fsp3) is 0.727. The molecule has 0 heterocycles. The van der Waals surface area contributed by atoms with E-state index in [2.05, 4.69) is 20.8 Å². The van der Waals surface area contributed by atoms with E-state index in [1.54, 1.807) is 0 Å². The van der Waals surface area contributed by atoms with Gasteiger partial charge >= 0.3 is 0 Å². The predicted molar refractivity (Wildman–Crippen MR) is 58.9 cm³/mol. The summed E-state index contributed by atoms with van der Waals surface area (Å²) in [6, 6.07) is 0. The average molecular weight is 182 g/mol. The average Bonchev–Trinajstić information content (AvgIpc) is 2.11. The maximum Gasteiger partial charge on any atom is 0.0224 e. The Balaban J connectivity index is 3.96. The summed E-state index contributed by atoms with van der Waals surface area (Å²) in [5, 5.41) is 7.05. The molecule has 0 aromatic heterocycles. The van der Waals surface area contributed by atoms with Crippen LogP contribution in [0.25, 0.3) is 0 Å². The van der Waals surface area contributed by atoms with Crippen molar-refractivity contribution >= 4 is 6.21 Å². The molecule has 2 nitrogen and oxygen atoms in total.